The molecule has 206 valence electrons. The molecule has 0 bridgehead atoms. The standard InChI is InChI=1S/C32H32N2O6/c35-27-17-9-7-15-23(27)31(39)33-25(19-21-11-3-1-4-12-21)29(37)30(38)26(20-22-13-5-2-6-14-22)34-32(40)24-16-8-10-18-28(24)36/h1-18,25-26,29-30,35-38H,19-20H2,(H,33,39)(H,34,40). The zero-order valence-corrected chi connectivity index (χ0v) is 21.7. The summed E-state index contributed by atoms with van der Waals surface area (Å²) < 4.78 is 0. The molecule has 40 heavy (non-hydrogen) atoms. The summed E-state index contributed by atoms with van der Waals surface area (Å²) in [7, 11) is 0. The van der Waals surface area contributed by atoms with Crippen LogP contribution < -0.4 is 10.6 Å². The number of benzene rings is 4. The van der Waals surface area contributed by atoms with Crippen molar-refractivity contribution in [1.82, 2.24) is 10.6 Å². The van der Waals surface area contributed by atoms with Crippen LogP contribution in [0.3, 0.4) is 0 Å². The first-order valence-electron chi connectivity index (χ1n) is 12.9. The number of phenols is 2. The Balaban J connectivity index is 1.62. The van der Waals surface area contributed by atoms with Crippen molar-refractivity contribution >= 4 is 11.8 Å². The van der Waals surface area contributed by atoms with Gasteiger partial charge in [0.25, 0.3) is 11.8 Å². The fourth-order valence-corrected chi connectivity index (χ4v) is 4.55. The molecule has 0 aliphatic rings. The Labute approximate surface area is 232 Å². The average Bonchev–Trinajstić information content (AvgIpc) is 2.97. The SMILES string of the molecule is O=C(NC(Cc1ccccc1)C(O)C(O)C(Cc1ccccc1)NC(=O)c1ccccc1O)c1ccccc1O. The molecule has 4 atom stereocenters. The van der Waals surface area contributed by atoms with Gasteiger partial charge in [0.15, 0.2) is 0 Å². The van der Waals surface area contributed by atoms with Crippen LogP contribution in [0.4, 0.5) is 0 Å². The minimum atomic E-state index is -1.52. The van der Waals surface area contributed by atoms with Crippen molar-refractivity contribution in [3.63, 3.8) is 0 Å². The number of hydrogen-bond donors (Lipinski definition) is 6. The topological polar surface area (TPSA) is 139 Å². The Hall–Kier alpha value is -4.66. The van der Waals surface area contributed by atoms with E-state index in [4.69, 9.17) is 0 Å². The van der Waals surface area contributed by atoms with Gasteiger partial charge in [0, 0.05) is 0 Å². The predicted molar refractivity (Wildman–Crippen MR) is 151 cm³/mol. The smallest absolute Gasteiger partial charge is 0.255 e. The predicted octanol–water partition coefficient (Wildman–Crippen LogP) is 3.20. The molecule has 0 saturated carbocycles. The summed E-state index contributed by atoms with van der Waals surface area (Å²) in [5.74, 6) is -1.68. The molecular formula is C32H32N2O6. The van der Waals surface area contributed by atoms with Gasteiger partial charge in [0.2, 0.25) is 0 Å². The van der Waals surface area contributed by atoms with Crippen molar-refractivity contribution in [3.8, 4) is 11.5 Å². The van der Waals surface area contributed by atoms with Gasteiger partial charge in [-0.3, -0.25) is 9.59 Å². The number of carbonyl (C=O) groups excluding carboxylic acids is 2. The van der Waals surface area contributed by atoms with E-state index < -0.39 is 36.1 Å². The van der Waals surface area contributed by atoms with Crippen LogP contribution in [-0.2, 0) is 12.8 Å². The lowest BCUT2D eigenvalue weighted by Gasteiger charge is -2.33. The molecule has 4 unspecified atom stereocenters. The van der Waals surface area contributed by atoms with Crippen LogP contribution in [0.5, 0.6) is 11.5 Å². The second-order valence-corrected chi connectivity index (χ2v) is 9.55. The van der Waals surface area contributed by atoms with Crippen molar-refractivity contribution in [1.29, 1.82) is 0 Å². The highest BCUT2D eigenvalue weighted by atomic mass is 16.3. The zero-order valence-electron chi connectivity index (χ0n) is 21.7. The normalized spacial score (nSPS) is 13.9. The summed E-state index contributed by atoms with van der Waals surface area (Å²) in [6.07, 6.45) is -2.70. The highest BCUT2D eigenvalue weighted by Gasteiger charge is 2.35. The van der Waals surface area contributed by atoms with E-state index in [1.807, 2.05) is 60.7 Å². The van der Waals surface area contributed by atoms with E-state index in [9.17, 15) is 30.0 Å². The first-order valence-corrected chi connectivity index (χ1v) is 12.9. The van der Waals surface area contributed by atoms with Crippen LogP contribution in [0.2, 0.25) is 0 Å². The highest BCUT2D eigenvalue weighted by molar-refractivity contribution is 5.97. The number of rotatable bonds is 11. The quantitative estimate of drug-likeness (QED) is 0.173. The lowest BCUT2D eigenvalue weighted by Crippen LogP contribution is -2.57. The Morgan fingerprint density at radius 1 is 0.525 bits per heavy atom. The van der Waals surface area contributed by atoms with Gasteiger partial charge in [-0.1, -0.05) is 84.9 Å². The fraction of sp³-hybridized carbons (Fsp3) is 0.188. The molecule has 0 saturated heterocycles. The number of phenolic OH excluding ortho intramolecular Hbond substituents is 2. The number of aliphatic hydroxyl groups is 2. The third-order valence-electron chi connectivity index (χ3n) is 6.70. The average molecular weight is 541 g/mol. The second kappa shape index (κ2) is 13.4. The van der Waals surface area contributed by atoms with Crippen LogP contribution in [-0.4, -0.2) is 56.5 Å². The number of aliphatic hydroxyl groups excluding tert-OH is 2. The number of aromatic hydroxyl groups is 2. The fourth-order valence-electron chi connectivity index (χ4n) is 4.55. The van der Waals surface area contributed by atoms with Crippen molar-refractivity contribution in [2.45, 2.75) is 37.1 Å². The maximum atomic E-state index is 13.1. The molecule has 4 aromatic rings. The van der Waals surface area contributed by atoms with Gasteiger partial charge in [0.1, 0.15) is 23.7 Å². The summed E-state index contributed by atoms with van der Waals surface area (Å²) in [6.45, 7) is 0. The Bertz CT molecular complexity index is 1300. The third kappa shape index (κ3) is 7.25. The van der Waals surface area contributed by atoms with E-state index in [0.29, 0.717) is 0 Å². The molecule has 4 aromatic carbocycles. The van der Waals surface area contributed by atoms with Crippen molar-refractivity contribution in [2.24, 2.45) is 0 Å². The van der Waals surface area contributed by atoms with Gasteiger partial charge in [-0.15, -0.1) is 0 Å². The number of carbonyl (C=O) groups is 2. The molecule has 0 fully saturated rings. The number of amides is 2. The molecular weight excluding hydrogens is 508 g/mol. The van der Waals surface area contributed by atoms with E-state index >= 15 is 0 Å². The lowest BCUT2D eigenvalue weighted by atomic mass is 9.90. The summed E-state index contributed by atoms with van der Waals surface area (Å²) >= 11 is 0. The second-order valence-electron chi connectivity index (χ2n) is 9.55. The van der Waals surface area contributed by atoms with Crippen molar-refractivity contribution in [3.05, 3.63) is 131 Å². The molecule has 8 heteroatoms. The minimum Gasteiger partial charge on any atom is -0.507 e. The maximum Gasteiger partial charge on any atom is 0.255 e. The summed E-state index contributed by atoms with van der Waals surface area (Å²) in [5.41, 5.74) is 1.65. The zero-order chi connectivity index (χ0) is 28.5. The van der Waals surface area contributed by atoms with Gasteiger partial charge in [-0.2, -0.15) is 0 Å². The van der Waals surface area contributed by atoms with E-state index in [-0.39, 0.29) is 35.5 Å². The van der Waals surface area contributed by atoms with Crippen LogP contribution in [0.15, 0.2) is 109 Å². The summed E-state index contributed by atoms with van der Waals surface area (Å²) in [6, 6.07) is 28.4. The maximum absolute atomic E-state index is 13.1. The molecule has 0 aliphatic heterocycles. The van der Waals surface area contributed by atoms with Gasteiger partial charge in [0.05, 0.1) is 23.2 Å². The van der Waals surface area contributed by atoms with Gasteiger partial charge >= 0.3 is 0 Å². The number of para-hydroxylation sites is 2. The van der Waals surface area contributed by atoms with Gasteiger partial charge in [-0.05, 0) is 48.2 Å². The minimum absolute atomic E-state index is 0.0240. The van der Waals surface area contributed by atoms with Crippen LogP contribution >= 0.6 is 0 Å². The van der Waals surface area contributed by atoms with Gasteiger partial charge < -0.3 is 31.1 Å². The van der Waals surface area contributed by atoms with Crippen molar-refractivity contribution < 1.29 is 30.0 Å². The Morgan fingerprint density at radius 2 is 0.850 bits per heavy atom. The molecule has 0 aliphatic carbocycles. The first-order chi connectivity index (χ1) is 19.3. The van der Waals surface area contributed by atoms with Gasteiger partial charge in [-0.25, -0.2) is 0 Å². The van der Waals surface area contributed by atoms with E-state index in [1.54, 1.807) is 24.3 Å². The van der Waals surface area contributed by atoms with Crippen LogP contribution in [0, 0.1) is 0 Å². The highest BCUT2D eigenvalue weighted by Crippen LogP contribution is 2.20. The largest absolute Gasteiger partial charge is 0.507 e. The first kappa shape index (κ1) is 28.4. The van der Waals surface area contributed by atoms with Crippen LogP contribution in [0.1, 0.15) is 31.8 Å². The molecule has 0 heterocycles. The molecule has 8 nitrogen and oxygen atoms in total. The summed E-state index contributed by atoms with van der Waals surface area (Å²) in [5, 5.41) is 48.8. The molecule has 0 radical (unpaired) electrons. The van der Waals surface area contributed by atoms with E-state index in [1.165, 1.54) is 24.3 Å². The van der Waals surface area contributed by atoms with E-state index in [2.05, 4.69) is 10.6 Å². The molecule has 0 aromatic heterocycles. The molecule has 0 spiro atoms. The monoisotopic (exact) mass is 540 g/mol. The molecule has 6 N–H and O–H groups in total. The van der Waals surface area contributed by atoms with Crippen molar-refractivity contribution in [2.75, 3.05) is 0 Å². The molecule has 4 rings (SSSR count). The third-order valence-corrected chi connectivity index (χ3v) is 6.70. The number of nitrogens with one attached hydrogen (secondary N) is 2. The molecule has 2 amide bonds. The Morgan fingerprint density at radius 3 is 1.20 bits per heavy atom. The van der Waals surface area contributed by atoms with Crippen LogP contribution in [0.25, 0.3) is 0 Å². The summed E-state index contributed by atoms with van der Waals surface area (Å²) in [4.78, 5) is 26.2. The number of hydrogen-bond acceptors (Lipinski definition) is 6. The Kier molecular flexibility index (Phi) is 9.51. The van der Waals surface area contributed by atoms with E-state index in [0.717, 1.165) is 11.1 Å². The lowest BCUT2D eigenvalue weighted by molar-refractivity contribution is -0.0219.